The fourth-order valence-electron chi connectivity index (χ4n) is 1.40. The second kappa shape index (κ2) is 5.62. The minimum absolute atomic E-state index is 0. The summed E-state index contributed by atoms with van der Waals surface area (Å²) in [4.78, 5) is 10.6. The van der Waals surface area contributed by atoms with Crippen molar-refractivity contribution < 1.29 is 28.5 Å². The average Bonchev–Trinajstić information content (AvgIpc) is 1.89. The fourth-order valence-corrected chi connectivity index (χ4v) is 1.40. The Kier molecular flexibility index (Phi) is 6.81. The minimum atomic E-state index is -0.905. The van der Waals surface area contributed by atoms with Crippen LogP contribution in [0.5, 0.6) is 0 Å². The van der Waals surface area contributed by atoms with Crippen molar-refractivity contribution in [2.24, 2.45) is 5.73 Å². The van der Waals surface area contributed by atoms with Crippen LogP contribution in [0, 0.1) is 7.43 Å². The largest absolute Gasteiger partial charge is 0.480 e. The smallest absolute Gasteiger partial charge is 0.323 e. The molecule has 3 N–H and O–H groups in total. The van der Waals surface area contributed by atoms with E-state index in [1.54, 1.807) is 0 Å². The molecule has 1 radical (unpaired) electrons. The van der Waals surface area contributed by atoms with Crippen molar-refractivity contribution in [1.82, 2.24) is 0 Å². The van der Waals surface area contributed by atoms with Crippen molar-refractivity contribution in [3.63, 3.8) is 0 Å². The molecule has 0 unspecified atom stereocenters. The van der Waals surface area contributed by atoms with E-state index in [2.05, 4.69) is 0 Å². The maximum atomic E-state index is 10.6. The topological polar surface area (TPSA) is 63.3 Å². The second-order valence-corrected chi connectivity index (χ2v) is 3.02. The molecule has 0 bridgehead atoms. The summed E-state index contributed by atoms with van der Waals surface area (Å²) in [7, 11) is 0. The Labute approximate surface area is 85.6 Å². The molecule has 0 saturated heterocycles. The zero-order valence-corrected chi connectivity index (χ0v) is 8.81. The van der Waals surface area contributed by atoms with Gasteiger partial charge in [0.25, 0.3) is 0 Å². The van der Waals surface area contributed by atoms with Gasteiger partial charge >= 0.3 is 5.97 Å². The first-order chi connectivity index (χ1) is 4.65. The van der Waals surface area contributed by atoms with Gasteiger partial charge in [-0.15, -0.1) is 0 Å². The summed E-state index contributed by atoms with van der Waals surface area (Å²) in [6, 6.07) is 0. The number of aliphatic carboxylic acids is 1. The third kappa shape index (κ3) is 3.17. The summed E-state index contributed by atoms with van der Waals surface area (Å²) in [5.74, 6) is -0.841. The molecule has 0 atom stereocenters. The van der Waals surface area contributed by atoms with Crippen molar-refractivity contribution in [2.45, 2.75) is 37.6 Å². The van der Waals surface area contributed by atoms with Gasteiger partial charge in [-0.25, -0.2) is 0 Å². The average molecular weight is 209 g/mol. The molecule has 0 heterocycles. The summed E-state index contributed by atoms with van der Waals surface area (Å²) in [6.07, 6.45) is 4.34. The van der Waals surface area contributed by atoms with Crippen molar-refractivity contribution in [3.05, 3.63) is 7.43 Å². The Bertz CT molecular complexity index is 144. The Morgan fingerprint density at radius 1 is 1.25 bits per heavy atom. The van der Waals surface area contributed by atoms with Crippen LogP contribution in [0.25, 0.3) is 0 Å². The molecular formula is C8H16NO2V-. The van der Waals surface area contributed by atoms with Crippen LogP contribution in [0.1, 0.15) is 32.1 Å². The Balaban J connectivity index is 0. The molecule has 0 aromatic rings. The quantitative estimate of drug-likeness (QED) is 0.637. The molecule has 0 aromatic carbocycles. The van der Waals surface area contributed by atoms with Gasteiger partial charge in [-0.3, -0.25) is 4.79 Å². The van der Waals surface area contributed by atoms with E-state index in [1.165, 1.54) is 0 Å². The van der Waals surface area contributed by atoms with Crippen molar-refractivity contribution in [2.75, 3.05) is 0 Å². The summed E-state index contributed by atoms with van der Waals surface area (Å²) in [5, 5.41) is 8.67. The molecule has 1 aliphatic carbocycles. The fraction of sp³-hybridized carbons (Fsp3) is 0.750. The molecular weight excluding hydrogens is 193 g/mol. The summed E-state index contributed by atoms with van der Waals surface area (Å²) in [5.41, 5.74) is 4.70. The Morgan fingerprint density at radius 2 is 1.67 bits per heavy atom. The van der Waals surface area contributed by atoms with E-state index in [0.29, 0.717) is 12.8 Å². The van der Waals surface area contributed by atoms with Crippen molar-refractivity contribution >= 4 is 5.97 Å². The molecule has 3 nitrogen and oxygen atoms in total. The number of rotatable bonds is 1. The van der Waals surface area contributed by atoms with Gasteiger partial charge in [0, 0.05) is 18.6 Å². The maximum absolute atomic E-state index is 10.6. The van der Waals surface area contributed by atoms with Crippen molar-refractivity contribution in [3.8, 4) is 0 Å². The van der Waals surface area contributed by atoms with Gasteiger partial charge in [0.1, 0.15) is 5.54 Å². The number of nitrogens with two attached hydrogens (primary N) is 1. The first kappa shape index (κ1) is 14.5. The van der Waals surface area contributed by atoms with Crippen LogP contribution in [0.2, 0.25) is 0 Å². The predicted octanol–water partition coefficient (Wildman–Crippen LogP) is 1.18. The summed E-state index contributed by atoms with van der Waals surface area (Å²) >= 11 is 0. The van der Waals surface area contributed by atoms with Gasteiger partial charge < -0.3 is 18.3 Å². The third-order valence-electron chi connectivity index (χ3n) is 2.17. The number of carbonyl (C=O) groups is 1. The van der Waals surface area contributed by atoms with E-state index < -0.39 is 11.5 Å². The van der Waals surface area contributed by atoms with Crippen LogP contribution in [0.15, 0.2) is 0 Å². The molecule has 71 valence electrons. The van der Waals surface area contributed by atoms with Gasteiger partial charge in [0.15, 0.2) is 0 Å². The number of hydrogen-bond donors (Lipinski definition) is 2. The van der Waals surface area contributed by atoms with Crippen LogP contribution >= 0.6 is 0 Å². The van der Waals surface area contributed by atoms with Crippen LogP contribution < -0.4 is 5.73 Å². The van der Waals surface area contributed by atoms with E-state index in [1.807, 2.05) is 0 Å². The molecule has 1 saturated carbocycles. The molecule has 0 amide bonds. The first-order valence-corrected chi connectivity index (χ1v) is 3.67. The summed E-state index contributed by atoms with van der Waals surface area (Å²) in [6.45, 7) is 0. The standard InChI is InChI=1S/C7H13NO2.CH3.V/c8-7(6(9)10)4-2-1-3-5-7;;/h1-5,8H2,(H,9,10);1H3;/q;-1;. The van der Waals surface area contributed by atoms with Gasteiger partial charge in [0.2, 0.25) is 0 Å². The molecule has 0 spiro atoms. The Hall–Kier alpha value is 0.0144. The predicted molar refractivity (Wildman–Crippen MR) is 44.1 cm³/mol. The normalized spacial score (nSPS) is 20.1. The van der Waals surface area contributed by atoms with Crippen LogP contribution in [-0.4, -0.2) is 16.6 Å². The Morgan fingerprint density at radius 3 is 1.92 bits per heavy atom. The van der Waals surface area contributed by atoms with Crippen LogP contribution in [-0.2, 0) is 23.4 Å². The molecule has 1 aliphatic rings. The van der Waals surface area contributed by atoms with Crippen LogP contribution in [0.3, 0.4) is 0 Å². The maximum Gasteiger partial charge on any atom is 0.323 e. The molecule has 1 rings (SSSR count). The van der Waals surface area contributed by atoms with E-state index in [0.717, 1.165) is 19.3 Å². The van der Waals surface area contributed by atoms with E-state index in [4.69, 9.17) is 10.8 Å². The number of carboxylic acids is 1. The van der Waals surface area contributed by atoms with E-state index >= 15 is 0 Å². The van der Waals surface area contributed by atoms with Crippen molar-refractivity contribution in [1.29, 1.82) is 0 Å². The monoisotopic (exact) mass is 209 g/mol. The SMILES string of the molecule is NC1(C(=O)O)CCCCC1.[CH3-].[V]. The molecule has 1 fully saturated rings. The zero-order valence-electron chi connectivity index (χ0n) is 7.42. The number of hydrogen-bond acceptors (Lipinski definition) is 2. The summed E-state index contributed by atoms with van der Waals surface area (Å²) < 4.78 is 0. The van der Waals surface area contributed by atoms with E-state index in [-0.39, 0.29) is 26.0 Å². The van der Waals surface area contributed by atoms with Gasteiger partial charge in [0.05, 0.1) is 0 Å². The number of carboxylic acid groups (broad SMARTS) is 1. The van der Waals surface area contributed by atoms with Gasteiger partial charge in [-0.2, -0.15) is 0 Å². The minimum Gasteiger partial charge on any atom is -0.480 e. The van der Waals surface area contributed by atoms with Gasteiger partial charge in [-0.1, -0.05) is 19.3 Å². The molecule has 12 heavy (non-hydrogen) atoms. The van der Waals surface area contributed by atoms with Gasteiger partial charge in [-0.05, 0) is 12.8 Å². The molecule has 4 heteroatoms. The van der Waals surface area contributed by atoms with E-state index in [9.17, 15) is 4.79 Å². The first-order valence-electron chi connectivity index (χ1n) is 3.67. The third-order valence-corrected chi connectivity index (χ3v) is 2.17. The molecule has 0 aliphatic heterocycles. The van der Waals surface area contributed by atoms with Crippen LogP contribution in [0.4, 0.5) is 0 Å². The zero-order chi connectivity index (χ0) is 7.61. The second-order valence-electron chi connectivity index (χ2n) is 3.02. The molecule has 0 aromatic heterocycles.